The molecule has 4 aliphatic carbocycles. The molecule has 33 heavy (non-hydrogen) atoms. The zero-order valence-electron chi connectivity index (χ0n) is 19.8. The molecule has 4 saturated carbocycles. The molecule has 1 aromatic carbocycles. The molecule has 0 radical (unpaired) electrons. The van der Waals surface area contributed by atoms with Gasteiger partial charge in [-0.3, -0.25) is 9.59 Å². The van der Waals surface area contributed by atoms with Crippen LogP contribution in [-0.4, -0.2) is 21.7 Å². The number of carbonyl (C=O) groups excluding carboxylic acids is 1. The molecule has 4 fully saturated rings. The second kappa shape index (κ2) is 7.66. The van der Waals surface area contributed by atoms with E-state index in [1.54, 1.807) is 11.3 Å². The number of amides is 1. The average molecular weight is 464 g/mol. The Morgan fingerprint density at radius 2 is 1.82 bits per heavy atom. The highest BCUT2D eigenvalue weighted by Gasteiger charge is 2.53. The summed E-state index contributed by atoms with van der Waals surface area (Å²) in [5, 5.41) is 9.67. The molecule has 2 heterocycles. The third-order valence-corrected chi connectivity index (χ3v) is 10.2. The van der Waals surface area contributed by atoms with E-state index in [0.29, 0.717) is 11.8 Å². The van der Waals surface area contributed by atoms with Crippen molar-refractivity contribution in [3.8, 4) is 0 Å². The highest BCUT2D eigenvalue weighted by atomic mass is 32.1. The number of rotatable bonds is 5. The number of nitrogens with one attached hydrogen (secondary N) is 1. The molecule has 4 bridgehead atoms. The fourth-order valence-electron chi connectivity index (χ4n) is 7.73. The van der Waals surface area contributed by atoms with Crippen molar-refractivity contribution < 1.29 is 4.79 Å². The van der Waals surface area contributed by atoms with Crippen molar-refractivity contribution in [1.82, 2.24) is 15.1 Å². The lowest BCUT2D eigenvalue weighted by Crippen LogP contribution is -2.56. The van der Waals surface area contributed by atoms with E-state index in [1.807, 2.05) is 38.1 Å². The zero-order chi connectivity index (χ0) is 22.9. The van der Waals surface area contributed by atoms with E-state index in [4.69, 9.17) is 0 Å². The van der Waals surface area contributed by atoms with Gasteiger partial charge in [-0.15, -0.1) is 11.3 Å². The first kappa shape index (κ1) is 21.3. The minimum Gasteiger partial charge on any atom is -0.351 e. The van der Waals surface area contributed by atoms with Crippen LogP contribution in [-0.2, 0) is 4.79 Å². The second-order valence-corrected chi connectivity index (χ2v) is 12.1. The molecule has 2 atom stereocenters. The molecule has 3 aromatic rings. The first-order chi connectivity index (χ1) is 15.9. The van der Waals surface area contributed by atoms with Crippen LogP contribution in [0.5, 0.6) is 0 Å². The van der Waals surface area contributed by atoms with Crippen molar-refractivity contribution >= 4 is 37.4 Å². The van der Waals surface area contributed by atoms with Crippen LogP contribution >= 0.6 is 11.3 Å². The Hall–Kier alpha value is -2.21. The standard InChI is InChI=1S/C27H33N3O2S/c1-4-21(25(31)28-16(3)27-12-17-9-18(13-27)11-19(10-17)14-27)30-26(32)23-20-7-5-6-8-22(20)33-24(23)15(2)29-30/h5-8,16-19,21H,4,9-14H2,1-3H3,(H,28,31). The Morgan fingerprint density at radius 3 is 2.45 bits per heavy atom. The third kappa shape index (κ3) is 3.28. The van der Waals surface area contributed by atoms with Gasteiger partial charge in [0.25, 0.3) is 5.56 Å². The van der Waals surface area contributed by atoms with Gasteiger partial charge in [0.1, 0.15) is 6.04 Å². The van der Waals surface area contributed by atoms with Gasteiger partial charge in [0, 0.05) is 16.1 Å². The highest BCUT2D eigenvalue weighted by molar-refractivity contribution is 7.26. The van der Waals surface area contributed by atoms with Crippen molar-refractivity contribution in [2.24, 2.45) is 23.2 Å². The molecule has 174 valence electrons. The van der Waals surface area contributed by atoms with E-state index < -0.39 is 6.04 Å². The van der Waals surface area contributed by atoms with Crippen LogP contribution in [0.4, 0.5) is 0 Å². The van der Waals surface area contributed by atoms with E-state index in [-0.39, 0.29) is 22.9 Å². The fraction of sp³-hybridized carbons (Fsp3) is 0.593. The van der Waals surface area contributed by atoms with Crippen molar-refractivity contribution in [3.05, 3.63) is 40.3 Å². The summed E-state index contributed by atoms with van der Waals surface area (Å²) in [4.78, 5) is 27.2. The molecule has 4 aliphatic rings. The topological polar surface area (TPSA) is 64.0 Å². The Bertz CT molecular complexity index is 1270. The first-order valence-electron chi connectivity index (χ1n) is 12.6. The van der Waals surface area contributed by atoms with Crippen molar-refractivity contribution in [3.63, 3.8) is 0 Å². The van der Waals surface area contributed by atoms with Gasteiger partial charge in [-0.25, -0.2) is 4.68 Å². The molecule has 6 heteroatoms. The molecule has 7 rings (SSSR count). The van der Waals surface area contributed by atoms with Crippen LogP contribution in [0.3, 0.4) is 0 Å². The first-order valence-corrected chi connectivity index (χ1v) is 13.4. The van der Waals surface area contributed by atoms with Gasteiger partial charge >= 0.3 is 0 Å². The summed E-state index contributed by atoms with van der Waals surface area (Å²) < 4.78 is 3.47. The van der Waals surface area contributed by atoms with Gasteiger partial charge in [-0.2, -0.15) is 5.10 Å². The van der Waals surface area contributed by atoms with Crippen molar-refractivity contribution in [1.29, 1.82) is 0 Å². The molecule has 1 N–H and O–H groups in total. The number of nitrogens with zero attached hydrogens (tertiary/aromatic N) is 2. The molecule has 0 saturated heterocycles. The molecular weight excluding hydrogens is 430 g/mol. The quantitative estimate of drug-likeness (QED) is 0.536. The summed E-state index contributed by atoms with van der Waals surface area (Å²) in [5.41, 5.74) is 0.897. The van der Waals surface area contributed by atoms with Gasteiger partial charge in [0.15, 0.2) is 0 Å². The minimum atomic E-state index is -0.587. The second-order valence-electron chi connectivity index (χ2n) is 11.1. The largest absolute Gasteiger partial charge is 0.351 e. The predicted molar refractivity (Wildman–Crippen MR) is 134 cm³/mol. The van der Waals surface area contributed by atoms with Crippen LogP contribution in [0.1, 0.15) is 70.5 Å². The van der Waals surface area contributed by atoms with E-state index >= 15 is 0 Å². The summed E-state index contributed by atoms with van der Waals surface area (Å²) in [6, 6.07) is 7.54. The number of benzene rings is 1. The average Bonchev–Trinajstić information content (AvgIpc) is 3.17. The lowest BCUT2D eigenvalue weighted by Gasteiger charge is -2.59. The van der Waals surface area contributed by atoms with Crippen molar-refractivity contribution in [2.75, 3.05) is 0 Å². The maximum atomic E-state index is 13.6. The van der Waals surface area contributed by atoms with Gasteiger partial charge < -0.3 is 5.32 Å². The third-order valence-electron chi connectivity index (χ3n) is 8.95. The summed E-state index contributed by atoms with van der Waals surface area (Å²) in [5.74, 6) is 2.48. The Labute approximate surface area is 198 Å². The van der Waals surface area contributed by atoms with Crippen molar-refractivity contribution in [2.45, 2.75) is 77.8 Å². The molecule has 2 unspecified atom stereocenters. The summed E-state index contributed by atoms with van der Waals surface area (Å²) in [7, 11) is 0. The number of hydrogen-bond acceptors (Lipinski definition) is 4. The molecule has 0 spiro atoms. The summed E-state index contributed by atoms with van der Waals surface area (Å²) in [6.07, 6.45) is 8.48. The normalized spacial score (nSPS) is 30.1. The number of carbonyl (C=O) groups is 1. The van der Waals surface area contributed by atoms with Crippen LogP contribution in [0.15, 0.2) is 29.1 Å². The smallest absolute Gasteiger partial charge is 0.276 e. The summed E-state index contributed by atoms with van der Waals surface area (Å²) in [6.45, 7) is 6.12. The number of aryl methyl sites for hydroxylation is 1. The molecular formula is C27H33N3O2S. The van der Waals surface area contributed by atoms with Crippen LogP contribution in [0, 0.1) is 30.1 Å². The van der Waals surface area contributed by atoms with Crippen LogP contribution in [0.25, 0.3) is 20.2 Å². The lowest BCUT2D eigenvalue weighted by molar-refractivity contribution is -0.129. The predicted octanol–water partition coefficient (Wildman–Crippen LogP) is 5.59. The monoisotopic (exact) mass is 463 g/mol. The number of fused-ring (bicyclic) bond motifs is 3. The summed E-state index contributed by atoms with van der Waals surface area (Å²) >= 11 is 1.61. The van der Waals surface area contributed by atoms with E-state index in [9.17, 15) is 9.59 Å². The highest BCUT2D eigenvalue weighted by Crippen LogP contribution is 2.61. The molecule has 2 aromatic heterocycles. The number of thiophene rings is 1. The van der Waals surface area contributed by atoms with E-state index in [2.05, 4.69) is 17.3 Å². The van der Waals surface area contributed by atoms with Gasteiger partial charge in [0.2, 0.25) is 5.91 Å². The van der Waals surface area contributed by atoms with Gasteiger partial charge in [-0.1, -0.05) is 25.1 Å². The molecule has 1 amide bonds. The maximum Gasteiger partial charge on any atom is 0.276 e. The van der Waals surface area contributed by atoms with E-state index in [0.717, 1.165) is 38.2 Å². The molecule has 5 nitrogen and oxygen atoms in total. The Morgan fingerprint density at radius 1 is 1.18 bits per heavy atom. The number of aromatic nitrogens is 2. The Kier molecular flexibility index (Phi) is 4.95. The SMILES string of the molecule is CCC(C(=O)NC(C)C12CC3CC(CC(C3)C1)C2)n1nc(C)c2sc3ccccc3c2c1=O. The zero-order valence-corrected chi connectivity index (χ0v) is 20.6. The van der Waals surface area contributed by atoms with Crippen LogP contribution in [0.2, 0.25) is 0 Å². The number of hydrogen-bond donors (Lipinski definition) is 1. The van der Waals surface area contributed by atoms with Crippen LogP contribution < -0.4 is 10.9 Å². The lowest BCUT2D eigenvalue weighted by atomic mass is 9.48. The van der Waals surface area contributed by atoms with Gasteiger partial charge in [0.05, 0.1) is 15.8 Å². The van der Waals surface area contributed by atoms with Gasteiger partial charge in [-0.05, 0) is 88.0 Å². The van der Waals surface area contributed by atoms with E-state index in [1.165, 1.54) is 43.2 Å². The fourth-order valence-corrected chi connectivity index (χ4v) is 8.87. The minimum absolute atomic E-state index is 0.0615. The molecule has 0 aliphatic heterocycles. The maximum absolute atomic E-state index is 13.6. The Balaban J connectivity index is 1.33.